The van der Waals surface area contributed by atoms with E-state index >= 15 is 0 Å². The van der Waals surface area contributed by atoms with Crippen molar-refractivity contribution in [3.8, 4) is 11.1 Å². The lowest BCUT2D eigenvalue weighted by molar-refractivity contribution is 0.0950. The van der Waals surface area contributed by atoms with Crippen LogP contribution in [0.25, 0.3) is 11.1 Å². The first-order valence-corrected chi connectivity index (χ1v) is 7.67. The molecule has 0 radical (unpaired) electrons. The van der Waals surface area contributed by atoms with Crippen molar-refractivity contribution in [2.24, 2.45) is 7.05 Å². The van der Waals surface area contributed by atoms with Crippen LogP contribution in [0.4, 0.5) is 0 Å². The largest absolute Gasteiger partial charge is 0.350 e. The fourth-order valence-corrected chi connectivity index (χ4v) is 2.41. The molecule has 0 unspecified atom stereocenters. The molecule has 3 rings (SSSR count). The van der Waals surface area contributed by atoms with Gasteiger partial charge in [0.05, 0.1) is 12.7 Å². The number of rotatable bonds is 5. The van der Waals surface area contributed by atoms with E-state index in [-0.39, 0.29) is 17.0 Å². The van der Waals surface area contributed by atoms with E-state index in [1.807, 2.05) is 36.5 Å². The first kappa shape index (κ1) is 15.7. The average Bonchev–Trinajstić information content (AvgIpc) is 3.07. The number of carbonyl (C=O) groups is 1. The van der Waals surface area contributed by atoms with Crippen LogP contribution in [-0.4, -0.2) is 26.8 Å². The van der Waals surface area contributed by atoms with Crippen LogP contribution in [0, 0.1) is 0 Å². The van der Waals surface area contributed by atoms with Crippen molar-refractivity contribution in [2.75, 3.05) is 6.54 Å². The van der Waals surface area contributed by atoms with Gasteiger partial charge in [0.2, 0.25) is 0 Å². The average molecular weight is 322 g/mol. The van der Waals surface area contributed by atoms with Crippen LogP contribution in [0.15, 0.2) is 65.8 Å². The Morgan fingerprint density at radius 2 is 1.92 bits per heavy atom. The molecule has 3 aromatic rings. The smallest absolute Gasteiger partial charge is 0.263 e. The number of amides is 1. The van der Waals surface area contributed by atoms with Crippen molar-refractivity contribution in [2.45, 2.75) is 6.54 Å². The molecule has 0 atom stereocenters. The first-order chi connectivity index (χ1) is 11.6. The Bertz CT molecular complexity index is 897. The second-order valence-corrected chi connectivity index (χ2v) is 5.45. The minimum absolute atomic E-state index is 0.144. The van der Waals surface area contributed by atoms with Gasteiger partial charge >= 0.3 is 0 Å². The lowest BCUT2D eigenvalue weighted by Crippen LogP contribution is -2.33. The third-order valence-corrected chi connectivity index (χ3v) is 3.73. The van der Waals surface area contributed by atoms with Gasteiger partial charge in [-0.3, -0.25) is 14.3 Å². The molecule has 0 saturated carbocycles. The molecule has 0 saturated heterocycles. The Labute approximate surface area is 139 Å². The lowest BCUT2D eigenvalue weighted by Gasteiger charge is -2.06. The second-order valence-electron chi connectivity index (χ2n) is 5.45. The van der Waals surface area contributed by atoms with E-state index < -0.39 is 0 Å². The molecule has 6 nitrogen and oxygen atoms in total. The van der Waals surface area contributed by atoms with Gasteiger partial charge in [-0.05, 0) is 17.7 Å². The highest BCUT2D eigenvalue weighted by molar-refractivity contribution is 5.93. The van der Waals surface area contributed by atoms with Crippen LogP contribution in [-0.2, 0) is 13.6 Å². The summed E-state index contributed by atoms with van der Waals surface area (Å²) in [5.41, 5.74) is 1.96. The standard InChI is InChI=1S/C18H18N4O2/c1-21-10-5-8-16(18(21)24)17(23)19-9-11-22-13-15(12-20-22)14-6-3-2-4-7-14/h2-8,10,12-13H,9,11H2,1H3,(H,19,23). The Kier molecular flexibility index (Phi) is 4.56. The number of aromatic nitrogens is 3. The van der Waals surface area contributed by atoms with Gasteiger partial charge in [-0.15, -0.1) is 0 Å². The van der Waals surface area contributed by atoms with E-state index in [4.69, 9.17) is 0 Å². The van der Waals surface area contributed by atoms with Crippen molar-refractivity contribution >= 4 is 5.91 Å². The number of pyridine rings is 1. The van der Waals surface area contributed by atoms with Gasteiger partial charge in [-0.2, -0.15) is 5.10 Å². The molecular formula is C18H18N4O2. The number of hydrogen-bond donors (Lipinski definition) is 1. The van der Waals surface area contributed by atoms with E-state index in [0.29, 0.717) is 13.1 Å². The minimum Gasteiger partial charge on any atom is -0.350 e. The Morgan fingerprint density at radius 3 is 2.71 bits per heavy atom. The highest BCUT2D eigenvalue weighted by atomic mass is 16.2. The normalized spacial score (nSPS) is 10.5. The second kappa shape index (κ2) is 6.95. The van der Waals surface area contributed by atoms with E-state index in [0.717, 1.165) is 11.1 Å². The predicted octanol–water partition coefficient (Wildman–Crippen LogP) is 1.68. The molecule has 1 amide bonds. The number of carbonyl (C=O) groups excluding carboxylic acids is 1. The monoisotopic (exact) mass is 322 g/mol. The summed E-state index contributed by atoms with van der Waals surface area (Å²) in [7, 11) is 1.62. The maximum Gasteiger partial charge on any atom is 0.263 e. The Morgan fingerprint density at radius 1 is 1.12 bits per heavy atom. The molecule has 0 aliphatic carbocycles. The molecule has 1 aromatic carbocycles. The van der Waals surface area contributed by atoms with Crippen molar-refractivity contribution in [1.82, 2.24) is 19.7 Å². The van der Waals surface area contributed by atoms with Gasteiger partial charge in [0.25, 0.3) is 11.5 Å². The van der Waals surface area contributed by atoms with E-state index in [9.17, 15) is 9.59 Å². The van der Waals surface area contributed by atoms with Crippen molar-refractivity contribution < 1.29 is 4.79 Å². The maximum absolute atomic E-state index is 12.1. The molecule has 0 aliphatic heterocycles. The quantitative estimate of drug-likeness (QED) is 0.777. The Hall–Kier alpha value is -3.15. The Balaban J connectivity index is 1.59. The fraction of sp³-hybridized carbons (Fsp3) is 0.167. The summed E-state index contributed by atoms with van der Waals surface area (Å²) in [5.74, 6) is -0.369. The fourth-order valence-electron chi connectivity index (χ4n) is 2.41. The number of benzene rings is 1. The molecule has 24 heavy (non-hydrogen) atoms. The minimum atomic E-state index is -0.369. The molecule has 2 heterocycles. The molecule has 122 valence electrons. The van der Waals surface area contributed by atoms with E-state index in [2.05, 4.69) is 10.4 Å². The van der Waals surface area contributed by atoms with Gasteiger partial charge in [0, 0.05) is 31.5 Å². The van der Waals surface area contributed by atoms with Gasteiger partial charge < -0.3 is 9.88 Å². The summed E-state index contributed by atoms with van der Waals surface area (Å²) in [6.45, 7) is 0.929. The van der Waals surface area contributed by atoms with E-state index in [1.54, 1.807) is 30.2 Å². The molecule has 0 spiro atoms. The summed E-state index contributed by atoms with van der Waals surface area (Å²) in [6, 6.07) is 13.2. The van der Waals surface area contributed by atoms with Crippen molar-refractivity contribution in [3.63, 3.8) is 0 Å². The number of hydrogen-bond acceptors (Lipinski definition) is 3. The van der Waals surface area contributed by atoms with Crippen LogP contribution in [0.3, 0.4) is 0 Å². The molecule has 0 fully saturated rings. The third kappa shape index (κ3) is 3.43. The van der Waals surface area contributed by atoms with Crippen LogP contribution >= 0.6 is 0 Å². The van der Waals surface area contributed by atoms with Crippen LogP contribution in [0.2, 0.25) is 0 Å². The SMILES string of the molecule is Cn1cccc(C(=O)NCCn2cc(-c3ccccc3)cn2)c1=O. The summed E-state index contributed by atoms with van der Waals surface area (Å²) < 4.78 is 3.15. The van der Waals surface area contributed by atoms with Gasteiger partial charge in [0.1, 0.15) is 5.56 Å². The summed E-state index contributed by atoms with van der Waals surface area (Å²) in [5, 5.41) is 7.04. The number of aryl methyl sites for hydroxylation is 1. The zero-order valence-electron chi connectivity index (χ0n) is 13.3. The summed E-state index contributed by atoms with van der Waals surface area (Å²) in [4.78, 5) is 24.0. The highest BCUT2D eigenvalue weighted by Gasteiger charge is 2.10. The van der Waals surface area contributed by atoms with Crippen LogP contribution < -0.4 is 10.9 Å². The number of nitrogens with zero attached hydrogens (tertiary/aromatic N) is 3. The topological polar surface area (TPSA) is 68.9 Å². The molecular weight excluding hydrogens is 304 g/mol. The third-order valence-electron chi connectivity index (χ3n) is 3.73. The first-order valence-electron chi connectivity index (χ1n) is 7.67. The molecule has 0 aliphatic rings. The summed E-state index contributed by atoms with van der Waals surface area (Å²) >= 11 is 0. The van der Waals surface area contributed by atoms with Crippen molar-refractivity contribution in [1.29, 1.82) is 0 Å². The highest BCUT2D eigenvalue weighted by Crippen LogP contribution is 2.17. The molecule has 1 N–H and O–H groups in total. The molecule has 0 bridgehead atoms. The summed E-state index contributed by atoms with van der Waals surface area (Å²) in [6.07, 6.45) is 5.35. The number of nitrogens with one attached hydrogen (secondary N) is 1. The van der Waals surface area contributed by atoms with Crippen LogP contribution in [0.1, 0.15) is 10.4 Å². The van der Waals surface area contributed by atoms with Gasteiger partial charge in [-0.1, -0.05) is 30.3 Å². The predicted molar refractivity (Wildman–Crippen MR) is 91.7 cm³/mol. The van der Waals surface area contributed by atoms with E-state index in [1.165, 1.54) is 10.6 Å². The van der Waals surface area contributed by atoms with Crippen LogP contribution in [0.5, 0.6) is 0 Å². The molecule has 6 heteroatoms. The zero-order chi connectivity index (χ0) is 16.9. The van der Waals surface area contributed by atoms with Gasteiger partial charge in [0.15, 0.2) is 0 Å². The molecule has 2 aromatic heterocycles. The lowest BCUT2D eigenvalue weighted by atomic mass is 10.1. The van der Waals surface area contributed by atoms with Crippen molar-refractivity contribution in [3.05, 3.63) is 77.0 Å². The zero-order valence-corrected chi connectivity index (χ0v) is 13.3. The van der Waals surface area contributed by atoms with Gasteiger partial charge in [-0.25, -0.2) is 0 Å². The maximum atomic E-state index is 12.1.